The Morgan fingerprint density at radius 2 is 1.08 bits per heavy atom. The van der Waals surface area contributed by atoms with E-state index >= 15 is 0 Å². The van der Waals surface area contributed by atoms with Gasteiger partial charge in [-0.25, -0.2) is 4.90 Å². The number of thiophene rings is 2. The molecule has 0 saturated carbocycles. The number of rotatable bonds is 15. The van der Waals surface area contributed by atoms with Crippen molar-refractivity contribution < 1.29 is 38.1 Å². The van der Waals surface area contributed by atoms with Gasteiger partial charge in [0.15, 0.2) is 23.0 Å². The van der Waals surface area contributed by atoms with Gasteiger partial charge in [0.05, 0.1) is 25.2 Å². The molecule has 0 fully saturated rings. The molecule has 61 heavy (non-hydrogen) atoms. The molecule has 0 unspecified atom stereocenters. The number of thioether (sulfide) groups is 1. The van der Waals surface area contributed by atoms with Gasteiger partial charge in [0.25, 0.3) is 23.6 Å². The van der Waals surface area contributed by atoms with E-state index in [-0.39, 0.29) is 15.9 Å². The van der Waals surface area contributed by atoms with Crippen molar-refractivity contribution in [3.8, 4) is 43.2 Å². The summed E-state index contributed by atoms with van der Waals surface area (Å²) in [4.78, 5) is 62.6. The normalized spacial score (nSPS) is 15.7. The van der Waals surface area contributed by atoms with Crippen molar-refractivity contribution in [2.45, 2.75) is 90.2 Å². The Morgan fingerprint density at radius 3 is 1.67 bits per heavy atom. The van der Waals surface area contributed by atoms with E-state index in [4.69, 9.17) is 18.9 Å². The minimum Gasteiger partial charge on any atom is -0.485 e. The predicted molar refractivity (Wildman–Crippen MR) is 244 cm³/mol. The molecule has 3 aromatic carbocycles. The lowest BCUT2D eigenvalue weighted by Crippen LogP contribution is -2.43. The second kappa shape index (κ2) is 17.1. The van der Waals surface area contributed by atoms with Crippen LogP contribution in [-0.2, 0) is 6.42 Å². The number of amides is 4. The lowest BCUT2D eigenvalue weighted by molar-refractivity contribution is 0.0606. The molecule has 4 aliphatic rings. The van der Waals surface area contributed by atoms with E-state index in [1.54, 1.807) is 59.1 Å². The molecule has 0 atom stereocenters. The largest absolute Gasteiger partial charge is 0.485 e. The lowest BCUT2D eigenvalue weighted by atomic mass is 9.85. The zero-order chi connectivity index (χ0) is 42.4. The van der Waals surface area contributed by atoms with Gasteiger partial charge in [0, 0.05) is 44.3 Å². The summed E-state index contributed by atoms with van der Waals surface area (Å²) in [6.45, 7) is 11.0. The molecule has 13 heteroatoms. The van der Waals surface area contributed by atoms with Crippen LogP contribution in [0.3, 0.4) is 0 Å². The van der Waals surface area contributed by atoms with Crippen LogP contribution >= 0.6 is 34.4 Å². The average Bonchev–Trinajstić information content (AvgIpc) is 3.82. The monoisotopic (exact) mass is 878 g/mol. The van der Waals surface area contributed by atoms with Gasteiger partial charge >= 0.3 is 0 Å². The molecular weight excluding hydrogens is 829 g/mol. The molecule has 0 spiro atoms. The average molecular weight is 879 g/mol. The number of fused-ring (bicyclic) bond motifs is 2. The smallest absolute Gasteiger partial charge is 0.265 e. The molecule has 0 saturated heterocycles. The number of imide groups is 2. The second-order valence-corrected chi connectivity index (χ2v) is 20.9. The molecular formula is C48H50N2O8S3. The summed E-state index contributed by atoms with van der Waals surface area (Å²) in [7, 11) is 0. The first-order valence-electron chi connectivity index (χ1n) is 21.5. The van der Waals surface area contributed by atoms with Crippen LogP contribution in [0, 0.1) is 0 Å². The number of ether oxygens (including phenoxy) is 4. The number of benzene rings is 3. The van der Waals surface area contributed by atoms with Gasteiger partial charge in [-0.2, -0.15) is 11.8 Å². The Hall–Kier alpha value is -4.85. The molecule has 0 radical (unpaired) electrons. The van der Waals surface area contributed by atoms with Crippen molar-refractivity contribution in [3.05, 3.63) is 75.7 Å². The minimum atomic E-state index is -0.511. The second-order valence-electron chi connectivity index (χ2n) is 16.8. The Bertz CT molecular complexity index is 2480. The molecule has 0 bridgehead atoms. The van der Waals surface area contributed by atoms with Crippen LogP contribution in [0.5, 0.6) is 23.0 Å². The van der Waals surface area contributed by atoms with Crippen LogP contribution in [0.1, 0.15) is 125 Å². The Kier molecular flexibility index (Phi) is 11.7. The highest BCUT2D eigenvalue weighted by Crippen LogP contribution is 2.60. The summed E-state index contributed by atoms with van der Waals surface area (Å²) in [5.74, 6) is 2.23. The molecule has 2 aromatic heterocycles. The maximum atomic E-state index is 14.3. The van der Waals surface area contributed by atoms with Crippen molar-refractivity contribution in [3.63, 3.8) is 0 Å². The third-order valence-corrected chi connectivity index (χ3v) is 15.4. The third-order valence-electron chi connectivity index (χ3n) is 11.5. The summed E-state index contributed by atoms with van der Waals surface area (Å²) in [6, 6.07) is 13.8. The van der Waals surface area contributed by atoms with E-state index < -0.39 is 23.6 Å². The van der Waals surface area contributed by atoms with Crippen LogP contribution in [0.25, 0.3) is 31.0 Å². The van der Waals surface area contributed by atoms with Gasteiger partial charge in [0.2, 0.25) is 0 Å². The molecule has 0 aliphatic carbocycles. The number of carbonyl (C=O) groups is 4. The van der Waals surface area contributed by atoms with E-state index in [2.05, 4.69) is 27.7 Å². The summed E-state index contributed by atoms with van der Waals surface area (Å²) < 4.78 is 25.2. The van der Waals surface area contributed by atoms with Crippen LogP contribution in [-0.4, -0.2) is 72.0 Å². The van der Waals surface area contributed by atoms with E-state index in [1.165, 1.54) is 33.9 Å². The first-order chi connectivity index (χ1) is 29.6. The lowest BCUT2D eigenvalue weighted by Gasteiger charge is -2.32. The number of aryl methyl sites for hydroxylation is 1. The highest BCUT2D eigenvalue weighted by molar-refractivity contribution is 8.00. The van der Waals surface area contributed by atoms with E-state index in [1.807, 2.05) is 23.9 Å². The number of nitrogens with zero attached hydrogens (tertiary/aromatic N) is 2. The molecule has 5 aromatic rings. The Balaban J connectivity index is 0.959. The van der Waals surface area contributed by atoms with Crippen LogP contribution < -0.4 is 23.8 Å². The molecule has 0 N–H and O–H groups in total. The van der Waals surface area contributed by atoms with Gasteiger partial charge in [-0.1, -0.05) is 71.9 Å². The molecule has 10 nitrogen and oxygen atoms in total. The standard InChI is InChI=1S/C48H50N2O8S3/c1-5-6-7-10-13-34-37-38(56-24-23-55-37)42(60-34)43-40-39(57-25-26-58-40)41(61-43)28-14-16-29(17-15-28)50-46(53)32-20-18-30-35-31(19-21-33(36(32)35)47(50)54)45(52)49(44(30)51)22-11-8-9-12-27-59-48(2,3)4/h14-21H,5-13,22-27H2,1-4H3. The molecule has 9 rings (SSSR count). The van der Waals surface area contributed by atoms with Crippen molar-refractivity contribution in [1.29, 1.82) is 0 Å². The van der Waals surface area contributed by atoms with Gasteiger partial charge in [-0.3, -0.25) is 24.1 Å². The number of unbranched alkanes of at least 4 members (excludes halogenated alkanes) is 6. The fourth-order valence-corrected chi connectivity index (χ4v) is 12.1. The number of anilines is 1. The summed E-state index contributed by atoms with van der Waals surface area (Å²) >= 11 is 5.21. The van der Waals surface area contributed by atoms with Gasteiger partial charge in [-0.15, -0.1) is 22.7 Å². The number of hydrogen-bond acceptors (Lipinski definition) is 11. The highest BCUT2D eigenvalue weighted by atomic mass is 32.2. The number of hydrogen-bond donors (Lipinski definition) is 0. The molecule has 318 valence electrons. The Morgan fingerprint density at radius 1 is 0.574 bits per heavy atom. The first kappa shape index (κ1) is 41.5. The highest BCUT2D eigenvalue weighted by Gasteiger charge is 2.40. The zero-order valence-corrected chi connectivity index (χ0v) is 37.6. The molecule has 4 aliphatic heterocycles. The minimum absolute atomic E-state index is 0.235. The van der Waals surface area contributed by atoms with E-state index in [0.29, 0.717) is 72.1 Å². The van der Waals surface area contributed by atoms with Gasteiger partial charge < -0.3 is 18.9 Å². The molecule has 4 amide bonds. The summed E-state index contributed by atoms with van der Waals surface area (Å²) in [5, 5.41) is 0.741. The van der Waals surface area contributed by atoms with Crippen molar-refractivity contribution in [2.75, 3.05) is 43.6 Å². The summed E-state index contributed by atoms with van der Waals surface area (Å²) in [5.41, 5.74) is 2.48. The zero-order valence-electron chi connectivity index (χ0n) is 35.1. The maximum Gasteiger partial charge on any atom is 0.265 e. The van der Waals surface area contributed by atoms with Crippen LogP contribution in [0.15, 0.2) is 48.5 Å². The molecule has 6 heterocycles. The first-order valence-corrected chi connectivity index (χ1v) is 24.1. The SMILES string of the molecule is CCCCCCc1sc(-c2sc(-c3ccc(N4C(=O)c5ccc6c7c(ccc(c57)C4=O)C(=O)N(CCCCCCSC(C)(C)C)C6=O)cc3)c3c2OCCO3)c2c1OCCO2. The van der Waals surface area contributed by atoms with Crippen LogP contribution in [0.4, 0.5) is 5.69 Å². The van der Waals surface area contributed by atoms with Gasteiger partial charge in [-0.05, 0) is 73.4 Å². The van der Waals surface area contributed by atoms with Crippen molar-refractivity contribution >= 4 is 74.5 Å². The fraction of sp³-hybridized carbons (Fsp3) is 0.417. The van der Waals surface area contributed by atoms with E-state index in [9.17, 15) is 19.2 Å². The summed E-state index contributed by atoms with van der Waals surface area (Å²) in [6.07, 6.45) is 9.33. The van der Waals surface area contributed by atoms with Gasteiger partial charge in [0.1, 0.15) is 26.4 Å². The number of carbonyl (C=O) groups excluding carboxylic acids is 4. The van der Waals surface area contributed by atoms with Crippen LogP contribution in [0.2, 0.25) is 0 Å². The van der Waals surface area contributed by atoms with E-state index in [0.717, 1.165) is 76.0 Å². The maximum absolute atomic E-state index is 14.3. The topological polar surface area (TPSA) is 112 Å². The fourth-order valence-electron chi connectivity index (χ4n) is 8.55. The van der Waals surface area contributed by atoms with Crippen molar-refractivity contribution in [2.24, 2.45) is 0 Å². The van der Waals surface area contributed by atoms with Crippen molar-refractivity contribution in [1.82, 2.24) is 4.90 Å². The quantitative estimate of drug-likeness (QED) is 0.0749. The predicted octanol–water partition coefficient (Wildman–Crippen LogP) is 11.5. The third kappa shape index (κ3) is 7.71. The Labute approximate surface area is 368 Å².